The second-order valence-electron chi connectivity index (χ2n) is 8.03. The van der Waals surface area contributed by atoms with Gasteiger partial charge in [0, 0.05) is 22.7 Å². The molecule has 7 heteroatoms. The number of carbonyl (C=O) groups excluding carboxylic acids is 1. The van der Waals surface area contributed by atoms with Crippen molar-refractivity contribution >= 4 is 68.0 Å². The quantitative estimate of drug-likeness (QED) is 0.150. The molecular weight excluding hydrogens is 559 g/mol. The fourth-order valence-electron chi connectivity index (χ4n) is 3.86. The normalized spacial score (nSPS) is 11.6. The van der Waals surface area contributed by atoms with Gasteiger partial charge in [-0.25, -0.2) is 9.78 Å². The second-order valence-corrected chi connectivity index (χ2v) is 9.76. The fraction of sp³-hybridized carbons (Fsp3) is 0.0345. The third-order valence-corrected chi connectivity index (χ3v) is 6.82. The molecule has 0 bridgehead atoms. The van der Waals surface area contributed by atoms with E-state index in [1.807, 2.05) is 48.5 Å². The Bertz CT molecular complexity index is 1590. The van der Waals surface area contributed by atoms with Crippen LogP contribution in [0.2, 0.25) is 10.0 Å². The number of ether oxygens (including phenoxy) is 1. The van der Waals surface area contributed by atoms with E-state index in [1.54, 1.807) is 42.5 Å². The number of esters is 1. The Morgan fingerprint density at radius 1 is 0.833 bits per heavy atom. The molecule has 5 rings (SSSR count). The van der Waals surface area contributed by atoms with E-state index in [4.69, 9.17) is 32.9 Å². The highest BCUT2D eigenvalue weighted by Crippen LogP contribution is 2.30. The summed E-state index contributed by atoms with van der Waals surface area (Å²) in [5.74, 6) is 0.321. The highest BCUT2D eigenvalue weighted by atomic mass is 79.9. The summed E-state index contributed by atoms with van der Waals surface area (Å²) in [6.07, 6.45) is 1.74. The van der Waals surface area contributed by atoms with Gasteiger partial charge < -0.3 is 9.30 Å². The van der Waals surface area contributed by atoms with Gasteiger partial charge in [0.05, 0.1) is 26.6 Å². The van der Waals surface area contributed by atoms with Crippen molar-refractivity contribution in [3.8, 4) is 0 Å². The lowest BCUT2D eigenvalue weighted by Crippen LogP contribution is -2.07. The minimum atomic E-state index is -0.581. The Hall–Kier alpha value is -3.38. The van der Waals surface area contributed by atoms with Crippen molar-refractivity contribution in [1.29, 1.82) is 0 Å². The molecule has 5 aromatic rings. The number of hydrogen-bond acceptors (Lipinski definition) is 3. The molecule has 36 heavy (non-hydrogen) atoms. The maximum absolute atomic E-state index is 13.1. The van der Waals surface area contributed by atoms with Crippen LogP contribution < -0.4 is 0 Å². The van der Waals surface area contributed by atoms with Gasteiger partial charge in [0.15, 0.2) is 0 Å². The molecule has 0 amide bonds. The van der Waals surface area contributed by atoms with Crippen LogP contribution in [-0.4, -0.2) is 15.5 Å². The SMILES string of the molecule is O=C(O/C(=C/c1nc2ccccc2n1Cc1ccc(Br)cc1)c1ccccc1Cl)c1ccccc1Cl. The van der Waals surface area contributed by atoms with E-state index in [-0.39, 0.29) is 11.3 Å². The molecule has 1 heterocycles. The third kappa shape index (κ3) is 5.24. The first-order valence-electron chi connectivity index (χ1n) is 11.1. The van der Waals surface area contributed by atoms with E-state index >= 15 is 0 Å². The molecule has 0 aliphatic heterocycles. The average molecular weight is 578 g/mol. The first kappa shape index (κ1) is 24.3. The third-order valence-electron chi connectivity index (χ3n) is 5.63. The van der Waals surface area contributed by atoms with Gasteiger partial charge in [-0.2, -0.15) is 0 Å². The topological polar surface area (TPSA) is 44.1 Å². The number of rotatable bonds is 6. The molecule has 0 unspecified atom stereocenters. The molecular formula is C29H19BrCl2N2O2. The van der Waals surface area contributed by atoms with E-state index in [1.165, 1.54) is 0 Å². The first-order valence-corrected chi connectivity index (χ1v) is 12.7. The number of para-hydroxylation sites is 2. The molecule has 0 spiro atoms. The van der Waals surface area contributed by atoms with Crippen LogP contribution in [-0.2, 0) is 11.3 Å². The lowest BCUT2D eigenvalue weighted by atomic mass is 10.1. The van der Waals surface area contributed by atoms with Crippen LogP contribution in [0.1, 0.15) is 27.3 Å². The van der Waals surface area contributed by atoms with Gasteiger partial charge >= 0.3 is 5.97 Å². The molecule has 0 saturated heterocycles. The van der Waals surface area contributed by atoms with E-state index in [0.717, 1.165) is 21.1 Å². The number of fused-ring (bicyclic) bond motifs is 1. The first-order chi connectivity index (χ1) is 17.5. The fourth-order valence-corrected chi connectivity index (χ4v) is 4.57. The van der Waals surface area contributed by atoms with Gasteiger partial charge in [-0.15, -0.1) is 0 Å². The summed E-state index contributed by atoms with van der Waals surface area (Å²) in [6, 6.07) is 30.0. The van der Waals surface area contributed by atoms with E-state index in [0.29, 0.717) is 28.0 Å². The number of halogens is 3. The lowest BCUT2D eigenvalue weighted by Gasteiger charge is -2.13. The highest BCUT2D eigenvalue weighted by molar-refractivity contribution is 9.10. The van der Waals surface area contributed by atoms with Crippen LogP contribution in [0.5, 0.6) is 0 Å². The predicted octanol–water partition coefficient (Wildman–Crippen LogP) is 8.51. The molecule has 0 N–H and O–H groups in total. The molecule has 0 aliphatic rings. The van der Waals surface area contributed by atoms with E-state index in [2.05, 4.69) is 32.6 Å². The van der Waals surface area contributed by atoms with Crippen LogP contribution in [0.4, 0.5) is 0 Å². The largest absolute Gasteiger partial charge is 0.422 e. The minimum Gasteiger partial charge on any atom is -0.422 e. The van der Waals surface area contributed by atoms with Gasteiger partial charge in [0.2, 0.25) is 0 Å². The van der Waals surface area contributed by atoms with Crippen molar-refractivity contribution in [3.63, 3.8) is 0 Å². The Morgan fingerprint density at radius 3 is 2.14 bits per heavy atom. The van der Waals surface area contributed by atoms with Crippen molar-refractivity contribution in [3.05, 3.63) is 134 Å². The molecule has 1 aromatic heterocycles. The number of hydrogen-bond donors (Lipinski definition) is 0. The smallest absolute Gasteiger partial charge is 0.345 e. The summed E-state index contributed by atoms with van der Waals surface area (Å²) >= 11 is 16.3. The van der Waals surface area contributed by atoms with Crippen LogP contribution in [0.15, 0.2) is 102 Å². The summed E-state index contributed by atoms with van der Waals surface area (Å²) in [4.78, 5) is 17.9. The van der Waals surface area contributed by atoms with Crippen molar-refractivity contribution in [1.82, 2.24) is 9.55 Å². The van der Waals surface area contributed by atoms with Crippen LogP contribution >= 0.6 is 39.1 Å². The van der Waals surface area contributed by atoms with Gasteiger partial charge in [-0.1, -0.05) is 87.7 Å². The van der Waals surface area contributed by atoms with Gasteiger partial charge in [-0.3, -0.25) is 0 Å². The van der Waals surface area contributed by atoms with E-state index in [9.17, 15) is 4.79 Å². The standard InChI is InChI=1S/C29H19BrCl2N2O2/c30-20-15-13-19(14-16-20)18-34-26-12-6-5-11-25(26)33-28(34)17-27(21-7-1-3-9-23(21)31)36-29(35)22-8-2-4-10-24(22)32/h1-17H,18H2/b27-17+. The molecule has 0 saturated carbocycles. The zero-order valence-electron chi connectivity index (χ0n) is 18.9. The van der Waals surface area contributed by atoms with Crippen LogP contribution in [0.25, 0.3) is 22.9 Å². The average Bonchev–Trinajstić information content (AvgIpc) is 3.22. The number of imidazole rings is 1. The van der Waals surface area contributed by atoms with Crippen molar-refractivity contribution in [2.24, 2.45) is 0 Å². The summed E-state index contributed by atoms with van der Waals surface area (Å²) in [5.41, 5.74) is 3.73. The van der Waals surface area contributed by atoms with Gasteiger partial charge in [0.25, 0.3) is 0 Å². The van der Waals surface area contributed by atoms with Crippen LogP contribution in [0, 0.1) is 0 Å². The molecule has 178 valence electrons. The molecule has 0 radical (unpaired) electrons. The molecule has 0 atom stereocenters. The predicted molar refractivity (Wildman–Crippen MR) is 149 cm³/mol. The zero-order valence-corrected chi connectivity index (χ0v) is 22.0. The summed E-state index contributed by atoms with van der Waals surface area (Å²) in [5, 5.41) is 0.759. The second kappa shape index (κ2) is 10.7. The minimum absolute atomic E-state index is 0.264. The zero-order chi connectivity index (χ0) is 25.1. The monoisotopic (exact) mass is 576 g/mol. The number of nitrogens with zero attached hydrogens (tertiary/aromatic N) is 2. The molecule has 4 nitrogen and oxygen atoms in total. The Balaban J connectivity index is 1.63. The van der Waals surface area contributed by atoms with Gasteiger partial charge in [-0.05, 0) is 54.1 Å². The number of aromatic nitrogens is 2. The van der Waals surface area contributed by atoms with Crippen molar-refractivity contribution in [2.75, 3.05) is 0 Å². The maximum atomic E-state index is 13.1. The van der Waals surface area contributed by atoms with Crippen molar-refractivity contribution in [2.45, 2.75) is 6.54 Å². The Labute approximate surface area is 226 Å². The maximum Gasteiger partial charge on any atom is 0.345 e. The Kier molecular flexibility index (Phi) is 7.23. The Morgan fingerprint density at radius 2 is 1.44 bits per heavy atom. The van der Waals surface area contributed by atoms with Gasteiger partial charge in [0.1, 0.15) is 11.6 Å². The summed E-state index contributed by atoms with van der Waals surface area (Å²) < 4.78 is 8.99. The summed E-state index contributed by atoms with van der Waals surface area (Å²) in [7, 11) is 0. The molecule has 0 fully saturated rings. The lowest BCUT2D eigenvalue weighted by molar-refractivity contribution is 0.0694. The highest BCUT2D eigenvalue weighted by Gasteiger charge is 2.19. The van der Waals surface area contributed by atoms with E-state index < -0.39 is 5.97 Å². The van der Waals surface area contributed by atoms with Crippen molar-refractivity contribution < 1.29 is 9.53 Å². The summed E-state index contributed by atoms with van der Waals surface area (Å²) in [6.45, 7) is 0.577. The number of carbonyl (C=O) groups is 1. The van der Waals surface area contributed by atoms with Crippen LogP contribution in [0.3, 0.4) is 0 Å². The molecule has 4 aromatic carbocycles. The number of benzene rings is 4. The molecule has 0 aliphatic carbocycles.